The van der Waals surface area contributed by atoms with Crippen LogP contribution >= 0.6 is 0 Å². The number of carbonyl (C=O) groups excluding carboxylic acids is 2. The number of rotatable bonds is 6. The lowest BCUT2D eigenvalue weighted by molar-refractivity contribution is -0.130. The molecule has 0 fully saturated rings. The Labute approximate surface area is 101 Å². The Balaban J connectivity index is 2.52. The van der Waals surface area contributed by atoms with Gasteiger partial charge in [-0.05, 0) is 12.5 Å². The Bertz CT molecular complexity index is 376. The van der Waals surface area contributed by atoms with Crippen molar-refractivity contribution < 1.29 is 9.59 Å². The Kier molecular flexibility index (Phi) is 5.20. The summed E-state index contributed by atoms with van der Waals surface area (Å²) in [5, 5.41) is 0. The first kappa shape index (κ1) is 13.2. The molecule has 2 amide bonds. The van der Waals surface area contributed by atoms with Gasteiger partial charge in [0, 0.05) is 19.5 Å². The summed E-state index contributed by atoms with van der Waals surface area (Å²) in [6.07, 6.45) is 0.585. The zero-order valence-electron chi connectivity index (χ0n) is 10.1. The Morgan fingerprint density at radius 3 is 2.41 bits per heavy atom. The standard InChI is InChI=1S/C13H18N2O2/c1-2-15(9-8-12(14)16)13(17)10-11-6-4-3-5-7-11/h3-7H,2,8-10H2,1H3,(H2,14,16). The first-order valence-corrected chi connectivity index (χ1v) is 5.73. The van der Waals surface area contributed by atoms with Crippen LogP contribution in [0.3, 0.4) is 0 Å². The maximum absolute atomic E-state index is 11.9. The van der Waals surface area contributed by atoms with Crippen molar-refractivity contribution in [3.63, 3.8) is 0 Å². The van der Waals surface area contributed by atoms with E-state index in [0.29, 0.717) is 19.5 Å². The van der Waals surface area contributed by atoms with Crippen LogP contribution in [0.1, 0.15) is 18.9 Å². The van der Waals surface area contributed by atoms with Crippen molar-refractivity contribution in [2.75, 3.05) is 13.1 Å². The van der Waals surface area contributed by atoms with Crippen molar-refractivity contribution in [3.05, 3.63) is 35.9 Å². The molecule has 1 aromatic rings. The number of hydrogen-bond acceptors (Lipinski definition) is 2. The van der Waals surface area contributed by atoms with Gasteiger partial charge in [-0.15, -0.1) is 0 Å². The molecule has 0 unspecified atom stereocenters. The summed E-state index contributed by atoms with van der Waals surface area (Å²) in [7, 11) is 0. The SMILES string of the molecule is CCN(CCC(N)=O)C(=O)Cc1ccccc1. The van der Waals surface area contributed by atoms with Crippen LogP contribution in [0.25, 0.3) is 0 Å². The number of hydrogen-bond donors (Lipinski definition) is 1. The zero-order valence-corrected chi connectivity index (χ0v) is 10.1. The highest BCUT2D eigenvalue weighted by atomic mass is 16.2. The van der Waals surface area contributed by atoms with Crippen molar-refractivity contribution in [2.24, 2.45) is 5.73 Å². The van der Waals surface area contributed by atoms with Crippen LogP contribution in [0.15, 0.2) is 30.3 Å². The molecule has 1 aromatic carbocycles. The van der Waals surface area contributed by atoms with Crippen LogP contribution in [-0.4, -0.2) is 29.8 Å². The van der Waals surface area contributed by atoms with E-state index in [2.05, 4.69) is 0 Å². The van der Waals surface area contributed by atoms with E-state index in [4.69, 9.17) is 5.73 Å². The van der Waals surface area contributed by atoms with Gasteiger partial charge >= 0.3 is 0 Å². The summed E-state index contributed by atoms with van der Waals surface area (Å²) in [5.74, 6) is -0.351. The maximum atomic E-state index is 11.9. The molecule has 0 aromatic heterocycles. The van der Waals surface area contributed by atoms with Gasteiger partial charge in [0.25, 0.3) is 0 Å². The second-order valence-electron chi connectivity index (χ2n) is 3.85. The van der Waals surface area contributed by atoms with Crippen molar-refractivity contribution in [3.8, 4) is 0 Å². The Hall–Kier alpha value is -1.84. The second-order valence-corrected chi connectivity index (χ2v) is 3.85. The highest BCUT2D eigenvalue weighted by molar-refractivity contribution is 5.80. The van der Waals surface area contributed by atoms with Gasteiger partial charge in [0.2, 0.25) is 11.8 Å². The summed E-state index contributed by atoms with van der Waals surface area (Å²) in [6.45, 7) is 2.89. The molecule has 0 heterocycles. The normalized spacial score (nSPS) is 9.94. The van der Waals surface area contributed by atoms with Gasteiger partial charge in [0.05, 0.1) is 6.42 Å². The minimum Gasteiger partial charge on any atom is -0.370 e. The van der Waals surface area contributed by atoms with E-state index in [9.17, 15) is 9.59 Å². The van der Waals surface area contributed by atoms with E-state index >= 15 is 0 Å². The molecule has 4 nitrogen and oxygen atoms in total. The monoisotopic (exact) mass is 234 g/mol. The molecule has 0 aliphatic heterocycles. The number of nitrogens with two attached hydrogens (primary N) is 1. The van der Waals surface area contributed by atoms with Crippen LogP contribution in [-0.2, 0) is 16.0 Å². The predicted octanol–water partition coefficient (Wildman–Crippen LogP) is 0.953. The van der Waals surface area contributed by atoms with Crippen molar-refractivity contribution in [2.45, 2.75) is 19.8 Å². The molecule has 2 N–H and O–H groups in total. The Morgan fingerprint density at radius 1 is 1.24 bits per heavy atom. The fourth-order valence-electron chi connectivity index (χ4n) is 1.59. The molecule has 0 atom stereocenters. The van der Waals surface area contributed by atoms with Gasteiger partial charge in [-0.25, -0.2) is 0 Å². The lowest BCUT2D eigenvalue weighted by Crippen LogP contribution is -2.34. The zero-order chi connectivity index (χ0) is 12.7. The third kappa shape index (κ3) is 4.68. The van der Waals surface area contributed by atoms with Crippen LogP contribution in [0.4, 0.5) is 0 Å². The topological polar surface area (TPSA) is 63.4 Å². The molecule has 17 heavy (non-hydrogen) atoms. The summed E-state index contributed by atoms with van der Waals surface area (Å²) >= 11 is 0. The molecule has 0 spiro atoms. The largest absolute Gasteiger partial charge is 0.370 e. The number of nitrogens with zero attached hydrogens (tertiary/aromatic N) is 1. The smallest absolute Gasteiger partial charge is 0.226 e. The second kappa shape index (κ2) is 6.68. The van der Waals surface area contributed by atoms with E-state index in [1.165, 1.54) is 0 Å². The van der Waals surface area contributed by atoms with Gasteiger partial charge in [-0.2, -0.15) is 0 Å². The predicted molar refractivity (Wildman–Crippen MR) is 66.2 cm³/mol. The van der Waals surface area contributed by atoms with Crippen LogP contribution in [0.2, 0.25) is 0 Å². The number of primary amides is 1. The summed E-state index contributed by atoms with van der Waals surface area (Å²) in [5.41, 5.74) is 6.05. The molecule has 92 valence electrons. The van der Waals surface area contributed by atoms with Gasteiger partial charge in [0.15, 0.2) is 0 Å². The first-order chi connectivity index (χ1) is 8.13. The van der Waals surface area contributed by atoms with Gasteiger partial charge in [-0.1, -0.05) is 30.3 Å². The first-order valence-electron chi connectivity index (χ1n) is 5.73. The van der Waals surface area contributed by atoms with E-state index in [1.54, 1.807) is 4.90 Å². The van der Waals surface area contributed by atoms with Crippen molar-refractivity contribution >= 4 is 11.8 Å². The number of benzene rings is 1. The van der Waals surface area contributed by atoms with E-state index in [0.717, 1.165) is 5.56 Å². The molecule has 0 saturated carbocycles. The number of carbonyl (C=O) groups is 2. The maximum Gasteiger partial charge on any atom is 0.226 e. The molecule has 0 aliphatic carbocycles. The molecule has 0 bridgehead atoms. The highest BCUT2D eigenvalue weighted by Crippen LogP contribution is 2.03. The molecule has 4 heteroatoms. The van der Waals surface area contributed by atoms with Crippen LogP contribution in [0, 0.1) is 0 Å². The third-order valence-corrected chi connectivity index (χ3v) is 2.56. The minimum atomic E-state index is -0.379. The highest BCUT2D eigenvalue weighted by Gasteiger charge is 2.12. The Morgan fingerprint density at radius 2 is 1.88 bits per heavy atom. The lowest BCUT2D eigenvalue weighted by Gasteiger charge is -2.20. The van der Waals surface area contributed by atoms with E-state index in [1.807, 2.05) is 37.3 Å². The molecule has 0 radical (unpaired) electrons. The van der Waals surface area contributed by atoms with Gasteiger partial charge < -0.3 is 10.6 Å². The van der Waals surface area contributed by atoms with E-state index in [-0.39, 0.29) is 18.2 Å². The third-order valence-electron chi connectivity index (χ3n) is 2.56. The van der Waals surface area contributed by atoms with Crippen LogP contribution in [0.5, 0.6) is 0 Å². The summed E-state index contributed by atoms with van der Waals surface area (Å²) < 4.78 is 0. The molecular weight excluding hydrogens is 216 g/mol. The van der Waals surface area contributed by atoms with Gasteiger partial charge in [-0.3, -0.25) is 9.59 Å². The molecular formula is C13H18N2O2. The quantitative estimate of drug-likeness (QED) is 0.796. The molecule has 0 aliphatic rings. The fraction of sp³-hybridized carbons (Fsp3) is 0.385. The van der Waals surface area contributed by atoms with E-state index < -0.39 is 0 Å². The van der Waals surface area contributed by atoms with Crippen molar-refractivity contribution in [1.29, 1.82) is 0 Å². The van der Waals surface area contributed by atoms with Crippen molar-refractivity contribution in [1.82, 2.24) is 4.90 Å². The average molecular weight is 234 g/mol. The van der Waals surface area contributed by atoms with Gasteiger partial charge in [0.1, 0.15) is 0 Å². The van der Waals surface area contributed by atoms with Crippen LogP contribution < -0.4 is 5.73 Å². The summed E-state index contributed by atoms with van der Waals surface area (Å²) in [6, 6.07) is 9.56. The summed E-state index contributed by atoms with van der Waals surface area (Å²) in [4.78, 5) is 24.3. The fourth-order valence-corrected chi connectivity index (χ4v) is 1.59. The minimum absolute atomic E-state index is 0.0277. The number of likely N-dealkylation sites (N-methyl/N-ethyl adjacent to an activating group) is 1. The average Bonchev–Trinajstić information content (AvgIpc) is 2.30. The number of amides is 2. The molecule has 1 rings (SSSR count). The molecule has 0 saturated heterocycles. The lowest BCUT2D eigenvalue weighted by atomic mass is 10.1.